The number of halogens is 2. The van der Waals surface area contributed by atoms with Crippen LogP contribution in [0.1, 0.15) is 61.0 Å². The number of carbonyl (C=O) groups excluding carboxylic acids is 3. The minimum Gasteiger partial charge on any atom is -0.455 e. The number of nitrogens with one attached hydrogen (secondary N) is 3. The molecule has 0 saturated carbocycles. The third kappa shape index (κ3) is 5.54. The summed E-state index contributed by atoms with van der Waals surface area (Å²) in [5, 5.41) is 15.2. The number of rotatable bonds is 5. The van der Waals surface area contributed by atoms with E-state index in [-0.39, 0.29) is 16.3 Å². The third-order valence-electron chi connectivity index (χ3n) is 5.64. The molecule has 13 heteroatoms. The van der Waals surface area contributed by atoms with E-state index in [1.165, 1.54) is 12.1 Å². The van der Waals surface area contributed by atoms with Gasteiger partial charge in [0, 0.05) is 33.7 Å². The Bertz CT molecular complexity index is 1470. The molecule has 1 aliphatic rings. The van der Waals surface area contributed by atoms with Crippen LogP contribution in [0.2, 0.25) is 5.02 Å². The van der Waals surface area contributed by atoms with Crippen molar-refractivity contribution in [2.75, 3.05) is 0 Å². The highest BCUT2D eigenvalue weighted by Crippen LogP contribution is 2.30. The highest BCUT2D eigenvalue weighted by atomic mass is 79.9. The summed E-state index contributed by atoms with van der Waals surface area (Å²) in [7, 11) is 0. The smallest absolute Gasteiger partial charge is 0.305 e. The number of hydrogen-bond acceptors (Lipinski definition) is 7. The van der Waals surface area contributed by atoms with E-state index in [2.05, 4.69) is 37.3 Å². The Morgan fingerprint density at radius 1 is 1.08 bits per heavy atom. The van der Waals surface area contributed by atoms with Crippen molar-refractivity contribution in [1.29, 1.82) is 0 Å². The van der Waals surface area contributed by atoms with Gasteiger partial charge in [0.25, 0.3) is 17.5 Å². The molecule has 3 aromatic rings. The second-order valence-electron chi connectivity index (χ2n) is 8.02. The summed E-state index contributed by atoms with van der Waals surface area (Å²) in [6, 6.07) is 10.4. The predicted octanol–water partition coefficient (Wildman–Crippen LogP) is 4.46. The summed E-state index contributed by atoms with van der Waals surface area (Å²) in [5.74, 6) is -1.28. The SMILES string of the molecule is Cc1c(C(=O)NNC(=O)c2ccccc2Br)oc2c1/C(=N/NC(=O)c1ccc(Cl)c([N+](=O)[O-])c1)CCC2. The molecule has 0 atom stereocenters. The van der Waals surface area contributed by atoms with E-state index in [1.807, 2.05) is 0 Å². The first kappa shape index (κ1) is 26.0. The van der Waals surface area contributed by atoms with Gasteiger partial charge in [-0.05, 0) is 60.0 Å². The topological polar surface area (TPSA) is 156 Å². The van der Waals surface area contributed by atoms with Crippen LogP contribution in [0, 0.1) is 17.0 Å². The molecule has 1 aliphatic carbocycles. The molecule has 4 rings (SSSR count). The van der Waals surface area contributed by atoms with Gasteiger partial charge in [-0.2, -0.15) is 5.10 Å². The number of fused-ring (bicyclic) bond motifs is 1. The lowest BCUT2D eigenvalue weighted by Gasteiger charge is -2.13. The molecule has 1 aromatic heterocycles. The Morgan fingerprint density at radius 2 is 1.81 bits per heavy atom. The van der Waals surface area contributed by atoms with Gasteiger partial charge in [0.15, 0.2) is 5.76 Å². The van der Waals surface area contributed by atoms with Crippen LogP contribution in [0.15, 0.2) is 56.5 Å². The summed E-state index contributed by atoms with van der Waals surface area (Å²) in [5.41, 5.74) is 8.66. The molecule has 0 spiro atoms. The molecule has 0 saturated heterocycles. The molecule has 2 aromatic carbocycles. The van der Waals surface area contributed by atoms with Gasteiger partial charge in [-0.25, -0.2) is 5.43 Å². The molecule has 0 unspecified atom stereocenters. The summed E-state index contributed by atoms with van der Waals surface area (Å²) in [6.07, 6.45) is 1.73. The van der Waals surface area contributed by atoms with Crippen LogP contribution in [0.25, 0.3) is 0 Å². The molecule has 0 bridgehead atoms. The Balaban J connectivity index is 1.50. The minimum atomic E-state index is -0.680. The summed E-state index contributed by atoms with van der Waals surface area (Å²) in [4.78, 5) is 48.1. The van der Waals surface area contributed by atoms with Crippen molar-refractivity contribution in [1.82, 2.24) is 16.3 Å². The van der Waals surface area contributed by atoms with Crippen molar-refractivity contribution in [3.05, 3.63) is 95.8 Å². The molecule has 0 aliphatic heterocycles. The maximum absolute atomic E-state index is 12.8. The summed E-state index contributed by atoms with van der Waals surface area (Å²) < 4.78 is 6.35. The van der Waals surface area contributed by atoms with Crippen LogP contribution in [0.4, 0.5) is 5.69 Å². The number of furan rings is 1. The van der Waals surface area contributed by atoms with Gasteiger partial charge in [0.05, 0.1) is 16.2 Å². The average molecular weight is 589 g/mol. The standard InChI is InChI=1S/C24H19BrClN5O6/c1-12-20-17(27-28-22(32)13-9-10-16(26)18(11-13)31(35)36)7-4-8-19(20)37-21(12)24(34)30-29-23(33)14-5-2-3-6-15(14)25/h2-3,5-6,9-11H,4,7-8H2,1H3,(H,28,32)(H,29,33)(H,30,34)/b27-17+. The van der Waals surface area contributed by atoms with Crippen LogP contribution in [0.5, 0.6) is 0 Å². The molecule has 3 amide bonds. The van der Waals surface area contributed by atoms with E-state index in [0.29, 0.717) is 51.9 Å². The molecule has 37 heavy (non-hydrogen) atoms. The van der Waals surface area contributed by atoms with E-state index in [9.17, 15) is 24.5 Å². The second kappa shape index (κ2) is 10.9. The number of hydrazine groups is 1. The zero-order valence-corrected chi connectivity index (χ0v) is 21.6. The largest absolute Gasteiger partial charge is 0.455 e. The van der Waals surface area contributed by atoms with Crippen molar-refractivity contribution in [2.24, 2.45) is 5.10 Å². The fourth-order valence-electron chi connectivity index (χ4n) is 3.86. The molecule has 0 fully saturated rings. The molecule has 0 radical (unpaired) electrons. The number of nitro benzene ring substituents is 1. The van der Waals surface area contributed by atoms with E-state index < -0.39 is 28.3 Å². The fraction of sp³-hybridized carbons (Fsp3) is 0.167. The minimum absolute atomic E-state index is 0.00619. The van der Waals surface area contributed by atoms with Crippen molar-refractivity contribution in [3.8, 4) is 0 Å². The Labute approximate surface area is 223 Å². The zero-order valence-electron chi connectivity index (χ0n) is 19.3. The van der Waals surface area contributed by atoms with Crippen LogP contribution in [-0.2, 0) is 6.42 Å². The Hall–Kier alpha value is -4.03. The lowest BCUT2D eigenvalue weighted by Crippen LogP contribution is -2.41. The van der Waals surface area contributed by atoms with Gasteiger partial charge < -0.3 is 4.42 Å². The molecule has 3 N–H and O–H groups in total. The van der Waals surface area contributed by atoms with Crippen LogP contribution >= 0.6 is 27.5 Å². The number of carbonyl (C=O) groups is 3. The van der Waals surface area contributed by atoms with Gasteiger partial charge in [0.1, 0.15) is 10.8 Å². The molecule has 1 heterocycles. The first-order valence-electron chi connectivity index (χ1n) is 11.0. The highest BCUT2D eigenvalue weighted by molar-refractivity contribution is 9.10. The average Bonchev–Trinajstić information content (AvgIpc) is 3.23. The van der Waals surface area contributed by atoms with Crippen molar-refractivity contribution in [3.63, 3.8) is 0 Å². The highest BCUT2D eigenvalue weighted by Gasteiger charge is 2.28. The predicted molar refractivity (Wildman–Crippen MR) is 138 cm³/mol. The summed E-state index contributed by atoms with van der Waals surface area (Å²) in [6.45, 7) is 1.68. The van der Waals surface area contributed by atoms with Gasteiger partial charge in [-0.15, -0.1) is 0 Å². The lowest BCUT2D eigenvalue weighted by atomic mass is 9.93. The van der Waals surface area contributed by atoms with E-state index in [0.717, 1.165) is 6.07 Å². The van der Waals surface area contributed by atoms with Gasteiger partial charge in [-0.3, -0.25) is 35.3 Å². The number of amides is 3. The van der Waals surface area contributed by atoms with Crippen molar-refractivity contribution in [2.45, 2.75) is 26.2 Å². The second-order valence-corrected chi connectivity index (χ2v) is 9.28. The van der Waals surface area contributed by atoms with Gasteiger partial charge >= 0.3 is 5.91 Å². The monoisotopic (exact) mass is 587 g/mol. The fourth-order valence-corrected chi connectivity index (χ4v) is 4.51. The number of nitro groups is 1. The van der Waals surface area contributed by atoms with Crippen molar-refractivity contribution < 1.29 is 23.7 Å². The maximum atomic E-state index is 12.8. The first-order chi connectivity index (χ1) is 17.7. The molecule has 11 nitrogen and oxygen atoms in total. The van der Waals surface area contributed by atoms with E-state index >= 15 is 0 Å². The molecular formula is C24H19BrClN5O6. The van der Waals surface area contributed by atoms with Gasteiger partial charge in [0.2, 0.25) is 0 Å². The van der Waals surface area contributed by atoms with Crippen LogP contribution in [0.3, 0.4) is 0 Å². The number of nitrogens with zero attached hydrogens (tertiary/aromatic N) is 2. The maximum Gasteiger partial charge on any atom is 0.305 e. The van der Waals surface area contributed by atoms with Crippen molar-refractivity contribution >= 4 is 56.7 Å². The van der Waals surface area contributed by atoms with Crippen LogP contribution in [-0.4, -0.2) is 28.4 Å². The normalized spacial score (nSPS) is 13.5. The van der Waals surface area contributed by atoms with E-state index in [4.69, 9.17) is 16.0 Å². The summed E-state index contributed by atoms with van der Waals surface area (Å²) >= 11 is 9.09. The zero-order chi connectivity index (χ0) is 26.7. The Kier molecular flexibility index (Phi) is 7.69. The lowest BCUT2D eigenvalue weighted by molar-refractivity contribution is -0.384. The number of benzene rings is 2. The molecular weight excluding hydrogens is 570 g/mol. The Morgan fingerprint density at radius 3 is 2.54 bits per heavy atom. The van der Waals surface area contributed by atoms with E-state index in [1.54, 1.807) is 31.2 Å². The number of aryl methyl sites for hydroxylation is 1. The van der Waals surface area contributed by atoms with Gasteiger partial charge in [-0.1, -0.05) is 23.7 Å². The third-order valence-corrected chi connectivity index (χ3v) is 6.65. The quantitative estimate of drug-likeness (QED) is 0.295. The molecule has 190 valence electrons. The van der Waals surface area contributed by atoms with Crippen LogP contribution < -0.4 is 16.3 Å². The number of hydrazone groups is 1. The number of hydrogen-bond donors (Lipinski definition) is 3. The first-order valence-corrected chi connectivity index (χ1v) is 12.1.